The Morgan fingerprint density at radius 3 is 2.30 bits per heavy atom. The molecule has 2 fully saturated rings. The standard InChI is InChI=1S/C31H38F3N3O3/c1-2-28(38)30(21-6-4-3-5-7-21)36-31(40)25-11-9-22(16-27(25)34)20-12-14-37(15-13-20)29(39)19-35-18-23-8-10-24(32)17-26(23)33/h8-11,16-17,20-21,30,35H,2-7,12-15,18-19H2,1H3,(H,36,40)/t30-/m1/s1. The first-order chi connectivity index (χ1) is 19.3. The molecule has 0 aromatic heterocycles. The predicted octanol–water partition coefficient (Wildman–Crippen LogP) is 5.26. The van der Waals surface area contributed by atoms with Crippen molar-refractivity contribution in [3.63, 3.8) is 0 Å². The van der Waals surface area contributed by atoms with Crippen LogP contribution in [0.2, 0.25) is 0 Å². The Morgan fingerprint density at radius 1 is 0.925 bits per heavy atom. The number of halogens is 3. The minimum atomic E-state index is -0.657. The Bertz CT molecular complexity index is 1210. The van der Waals surface area contributed by atoms with Crippen LogP contribution < -0.4 is 10.6 Å². The molecule has 6 nitrogen and oxygen atoms in total. The summed E-state index contributed by atoms with van der Waals surface area (Å²) in [5.74, 6) is -2.47. The van der Waals surface area contributed by atoms with Gasteiger partial charge in [0.2, 0.25) is 5.91 Å². The number of benzene rings is 2. The highest BCUT2D eigenvalue weighted by Gasteiger charge is 2.31. The molecule has 0 unspecified atom stereocenters. The Labute approximate surface area is 233 Å². The molecule has 2 aromatic carbocycles. The molecule has 2 aliphatic rings. The first-order valence-corrected chi connectivity index (χ1v) is 14.3. The third-order valence-corrected chi connectivity index (χ3v) is 8.27. The van der Waals surface area contributed by atoms with Crippen molar-refractivity contribution in [3.05, 3.63) is 70.5 Å². The van der Waals surface area contributed by atoms with Crippen LogP contribution in [0.1, 0.15) is 85.7 Å². The summed E-state index contributed by atoms with van der Waals surface area (Å²) in [5, 5.41) is 5.74. The van der Waals surface area contributed by atoms with Crippen molar-refractivity contribution in [2.45, 2.75) is 76.8 Å². The molecule has 1 aliphatic heterocycles. The summed E-state index contributed by atoms with van der Waals surface area (Å²) in [6.07, 6.45) is 6.62. The molecule has 1 saturated heterocycles. The fourth-order valence-corrected chi connectivity index (χ4v) is 5.88. The van der Waals surface area contributed by atoms with Crippen molar-refractivity contribution >= 4 is 17.6 Å². The van der Waals surface area contributed by atoms with Crippen molar-refractivity contribution in [1.29, 1.82) is 0 Å². The average Bonchev–Trinajstić information content (AvgIpc) is 2.97. The maximum absolute atomic E-state index is 15.1. The lowest BCUT2D eigenvalue weighted by Crippen LogP contribution is -2.46. The fraction of sp³-hybridized carbons (Fsp3) is 0.516. The van der Waals surface area contributed by atoms with E-state index < -0.39 is 29.4 Å². The third kappa shape index (κ3) is 7.50. The molecule has 2 amide bonds. The van der Waals surface area contributed by atoms with Gasteiger partial charge in [-0.2, -0.15) is 0 Å². The monoisotopic (exact) mass is 557 g/mol. The summed E-state index contributed by atoms with van der Waals surface area (Å²) in [4.78, 5) is 39.9. The molecule has 1 atom stereocenters. The van der Waals surface area contributed by atoms with E-state index in [1.54, 1.807) is 17.9 Å². The topological polar surface area (TPSA) is 78.5 Å². The van der Waals surface area contributed by atoms with E-state index in [4.69, 9.17) is 0 Å². The molecule has 1 saturated carbocycles. The van der Waals surface area contributed by atoms with Crippen molar-refractivity contribution in [3.8, 4) is 0 Å². The van der Waals surface area contributed by atoms with Gasteiger partial charge in [-0.1, -0.05) is 38.3 Å². The quantitative estimate of drug-likeness (QED) is 0.418. The number of piperidine rings is 1. The molecule has 2 N–H and O–H groups in total. The minimum absolute atomic E-state index is 0.0172. The van der Waals surface area contributed by atoms with Crippen LogP contribution in [0.25, 0.3) is 0 Å². The second-order valence-electron chi connectivity index (χ2n) is 10.9. The van der Waals surface area contributed by atoms with Gasteiger partial charge in [-0.05, 0) is 61.3 Å². The molecule has 0 radical (unpaired) electrons. The van der Waals surface area contributed by atoms with E-state index >= 15 is 4.39 Å². The molecule has 40 heavy (non-hydrogen) atoms. The van der Waals surface area contributed by atoms with E-state index in [1.807, 2.05) is 0 Å². The summed E-state index contributed by atoms with van der Waals surface area (Å²) in [6, 6.07) is 7.40. The van der Waals surface area contributed by atoms with Crippen molar-refractivity contribution in [2.24, 2.45) is 5.92 Å². The van der Waals surface area contributed by atoms with Gasteiger partial charge in [0, 0.05) is 37.7 Å². The highest BCUT2D eigenvalue weighted by molar-refractivity contribution is 5.98. The number of hydrogen-bond acceptors (Lipinski definition) is 4. The molecule has 9 heteroatoms. The normalized spacial score (nSPS) is 17.4. The van der Waals surface area contributed by atoms with Crippen LogP contribution in [0, 0.1) is 23.4 Å². The van der Waals surface area contributed by atoms with Crippen LogP contribution in [-0.2, 0) is 16.1 Å². The van der Waals surface area contributed by atoms with Gasteiger partial charge in [0.15, 0.2) is 5.78 Å². The zero-order chi connectivity index (χ0) is 28.6. The van der Waals surface area contributed by atoms with Gasteiger partial charge >= 0.3 is 0 Å². The summed E-state index contributed by atoms with van der Waals surface area (Å²) >= 11 is 0. The number of Topliss-reactive ketones (excluding diaryl/α,β-unsaturated/α-hetero) is 1. The number of carbonyl (C=O) groups excluding carboxylic acids is 3. The Kier molecular flexibility index (Phi) is 10.4. The van der Waals surface area contributed by atoms with E-state index in [2.05, 4.69) is 10.6 Å². The molecular formula is C31H38F3N3O3. The number of ketones is 1. The van der Waals surface area contributed by atoms with E-state index in [0.29, 0.717) is 32.4 Å². The summed E-state index contributed by atoms with van der Waals surface area (Å²) < 4.78 is 41.9. The van der Waals surface area contributed by atoms with Gasteiger partial charge in [0.05, 0.1) is 18.2 Å². The van der Waals surface area contributed by atoms with E-state index in [0.717, 1.165) is 43.7 Å². The van der Waals surface area contributed by atoms with Gasteiger partial charge < -0.3 is 15.5 Å². The molecule has 1 aliphatic carbocycles. The SMILES string of the molecule is CCC(=O)[C@H](NC(=O)c1ccc(C2CCN(C(=O)CNCc3ccc(F)cc3F)CC2)cc1F)C1CCCCC1. The van der Waals surface area contributed by atoms with Gasteiger partial charge in [0.1, 0.15) is 17.5 Å². The zero-order valence-electron chi connectivity index (χ0n) is 23.0. The van der Waals surface area contributed by atoms with Crippen LogP contribution >= 0.6 is 0 Å². The first-order valence-electron chi connectivity index (χ1n) is 14.3. The van der Waals surface area contributed by atoms with Crippen molar-refractivity contribution in [2.75, 3.05) is 19.6 Å². The maximum Gasteiger partial charge on any atom is 0.254 e. The van der Waals surface area contributed by atoms with Gasteiger partial charge in [-0.3, -0.25) is 14.4 Å². The van der Waals surface area contributed by atoms with Crippen LogP contribution in [-0.4, -0.2) is 48.2 Å². The van der Waals surface area contributed by atoms with Crippen molar-refractivity contribution in [1.82, 2.24) is 15.5 Å². The highest BCUT2D eigenvalue weighted by atomic mass is 19.1. The minimum Gasteiger partial charge on any atom is -0.342 e. The lowest BCUT2D eigenvalue weighted by Gasteiger charge is -2.32. The Balaban J connectivity index is 1.28. The summed E-state index contributed by atoms with van der Waals surface area (Å²) in [7, 11) is 0. The van der Waals surface area contributed by atoms with Crippen LogP contribution in [0.5, 0.6) is 0 Å². The smallest absolute Gasteiger partial charge is 0.254 e. The maximum atomic E-state index is 15.1. The number of rotatable bonds is 10. The van der Waals surface area contributed by atoms with Gasteiger partial charge in [-0.25, -0.2) is 13.2 Å². The van der Waals surface area contributed by atoms with Crippen LogP contribution in [0.3, 0.4) is 0 Å². The van der Waals surface area contributed by atoms with E-state index in [1.165, 1.54) is 24.3 Å². The number of likely N-dealkylation sites (tertiary alicyclic amines) is 1. The summed E-state index contributed by atoms with van der Waals surface area (Å²) in [6.45, 7) is 2.93. The molecule has 0 spiro atoms. The Morgan fingerprint density at radius 2 is 1.65 bits per heavy atom. The number of amides is 2. The average molecular weight is 558 g/mol. The largest absolute Gasteiger partial charge is 0.342 e. The molecule has 4 rings (SSSR count). The highest BCUT2D eigenvalue weighted by Crippen LogP contribution is 2.30. The number of hydrogen-bond donors (Lipinski definition) is 2. The molecule has 2 aromatic rings. The lowest BCUT2D eigenvalue weighted by molar-refractivity contribution is -0.131. The molecule has 216 valence electrons. The molecule has 1 heterocycles. The van der Waals surface area contributed by atoms with Crippen molar-refractivity contribution < 1.29 is 27.6 Å². The predicted molar refractivity (Wildman–Crippen MR) is 146 cm³/mol. The van der Waals surface area contributed by atoms with Gasteiger partial charge in [0.25, 0.3) is 5.91 Å². The fourth-order valence-electron chi connectivity index (χ4n) is 5.88. The molecule has 0 bridgehead atoms. The second kappa shape index (κ2) is 13.9. The van der Waals surface area contributed by atoms with E-state index in [-0.39, 0.29) is 47.7 Å². The zero-order valence-corrected chi connectivity index (χ0v) is 23.0. The number of nitrogens with zero attached hydrogens (tertiary/aromatic N) is 1. The molecular weight excluding hydrogens is 519 g/mol. The second-order valence-corrected chi connectivity index (χ2v) is 10.9. The Hall–Kier alpha value is -3.20. The lowest BCUT2D eigenvalue weighted by atomic mass is 9.81. The summed E-state index contributed by atoms with van der Waals surface area (Å²) in [5.41, 5.74) is 0.998. The first kappa shape index (κ1) is 29.8. The number of nitrogens with one attached hydrogen (secondary N) is 2. The third-order valence-electron chi connectivity index (χ3n) is 8.27. The van der Waals surface area contributed by atoms with Crippen LogP contribution in [0.4, 0.5) is 13.2 Å². The number of carbonyl (C=O) groups is 3. The van der Waals surface area contributed by atoms with Gasteiger partial charge in [-0.15, -0.1) is 0 Å². The van der Waals surface area contributed by atoms with E-state index in [9.17, 15) is 23.2 Å². The van der Waals surface area contributed by atoms with Crippen LogP contribution in [0.15, 0.2) is 36.4 Å².